The first-order valence-electron chi connectivity index (χ1n) is 7.51. The largest absolute Gasteiger partial charge is 0.369 e. The van der Waals surface area contributed by atoms with Crippen LogP contribution in [0.2, 0.25) is 0 Å². The van der Waals surface area contributed by atoms with Gasteiger partial charge in [-0.25, -0.2) is 9.37 Å². The van der Waals surface area contributed by atoms with Gasteiger partial charge in [0.05, 0.1) is 5.52 Å². The van der Waals surface area contributed by atoms with Crippen molar-refractivity contribution in [3.05, 3.63) is 24.0 Å². The number of hydrogen-bond acceptors (Lipinski definition) is 2. The predicted molar refractivity (Wildman–Crippen MR) is 79.9 cm³/mol. The van der Waals surface area contributed by atoms with Gasteiger partial charge in [-0.2, -0.15) is 0 Å². The zero-order valence-electron chi connectivity index (χ0n) is 12.1. The van der Waals surface area contributed by atoms with E-state index in [1.54, 1.807) is 6.07 Å². The van der Waals surface area contributed by atoms with Crippen LogP contribution in [0.15, 0.2) is 18.2 Å². The second-order valence-corrected chi connectivity index (χ2v) is 6.21. The molecule has 1 heterocycles. The summed E-state index contributed by atoms with van der Waals surface area (Å²) in [6.45, 7) is 4.53. The maximum absolute atomic E-state index is 13.9. The molecule has 1 aliphatic rings. The maximum atomic E-state index is 13.9. The lowest BCUT2D eigenvalue weighted by molar-refractivity contribution is 0.189. The highest BCUT2D eigenvalue weighted by molar-refractivity contribution is 5.79. The summed E-state index contributed by atoms with van der Waals surface area (Å²) in [5.74, 6) is 1.35. The van der Waals surface area contributed by atoms with Gasteiger partial charge in [-0.05, 0) is 36.8 Å². The molecule has 3 rings (SSSR count). The van der Waals surface area contributed by atoms with Gasteiger partial charge in [0.25, 0.3) is 0 Å². The van der Waals surface area contributed by atoms with Gasteiger partial charge in [0.2, 0.25) is 5.95 Å². The molecule has 2 unspecified atom stereocenters. The Balaban J connectivity index is 2.13. The van der Waals surface area contributed by atoms with Crippen LogP contribution in [-0.2, 0) is 0 Å². The Kier molecular flexibility index (Phi) is 3.40. The van der Waals surface area contributed by atoms with Crippen LogP contribution in [0.1, 0.15) is 45.6 Å². The molecule has 108 valence electrons. The number of nitrogens with zero attached hydrogens (tertiary/aromatic N) is 2. The van der Waals surface area contributed by atoms with Gasteiger partial charge < -0.3 is 10.3 Å². The van der Waals surface area contributed by atoms with Crippen molar-refractivity contribution in [2.45, 2.75) is 45.6 Å². The molecule has 1 aromatic carbocycles. The summed E-state index contributed by atoms with van der Waals surface area (Å²) in [4.78, 5) is 4.25. The smallest absolute Gasteiger partial charge is 0.201 e. The number of nitrogen functional groups attached to an aromatic ring is 1. The molecular formula is C16H22FN3. The normalized spacial score (nSPS) is 23.6. The van der Waals surface area contributed by atoms with Crippen molar-refractivity contribution in [3.8, 4) is 0 Å². The van der Waals surface area contributed by atoms with Crippen molar-refractivity contribution in [3.63, 3.8) is 0 Å². The third-order valence-corrected chi connectivity index (χ3v) is 4.67. The summed E-state index contributed by atoms with van der Waals surface area (Å²) in [6, 6.07) is 5.45. The lowest BCUT2D eigenvalue weighted by Gasteiger charge is -2.36. The molecule has 20 heavy (non-hydrogen) atoms. The van der Waals surface area contributed by atoms with E-state index in [0.29, 0.717) is 29.3 Å². The number of imidazole rings is 1. The Morgan fingerprint density at radius 3 is 2.80 bits per heavy atom. The van der Waals surface area contributed by atoms with E-state index in [0.717, 1.165) is 11.9 Å². The molecular weight excluding hydrogens is 253 g/mol. The maximum Gasteiger partial charge on any atom is 0.201 e. The van der Waals surface area contributed by atoms with Crippen molar-refractivity contribution in [1.29, 1.82) is 0 Å². The molecule has 1 saturated carbocycles. The lowest BCUT2D eigenvalue weighted by atomic mass is 9.77. The third kappa shape index (κ3) is 2.07. The highest BCUT2D eigenvalue weighted by Crippen LogP contribution is 2.41. The number of anilines is 1. The first kappa shape index (κ1) is 13.4. The van der Waals surface area contributed by atoms with Crippen LogP contribution in [0.25, 0.3) is 11.0 Å². The van der Waals surface area contributed by atoms with Gasteiger partial charge in [-0.3, -0.25) is 0 Å². The summed E-state index contributed by atoms with van der Waals surface area (Å²) in [5.41, 5.74) is 7.33. The monoisotopic (exact) mass is 275 g/mol. The Morgan fingerprint density at radius 2 is 2.05 bits per heavy atom. The van der Waals surface area contributed by atoms with Crippen molar-refractivity contribution < 1.29 is 4.39 Å². The quantitative estimate of drug-likeness (QED) is 0.895. The summed E-state index contributed by atoms with van der Waals surface area (Å²) in [5, 5.41) is 0. The van der Waals surface area contributed by atoms with E-state index in [-0.39, 0.29) is 5.82 Å². The second-order valence-electron chi connectivity index (χ2n) is 6.21. The zero-order chi connectivity index (χ0) is 14.3. The molecule has 1 aromatic heterocycles. The molecule has 2 N–H and O–H groups in total. The van der Waals surface area contributed by atoms with E-state index >= 15 is 0 Å². The highest BCUT2D eigenvalue weighted by atomic mass is 19.1. The second kappa shape index (κ2) is 5.08. The van der Waals surface area contributed by atoms with Crippen LogP contribution >= 0.6 is 0 Å². The molecule has 1 fully saturated rings. The minimum absolute atomic E-state index is 0.287. The molecule has 0 amide bonds. The number of halogens is 1. The average Bonchev–Trinajstić information content (AvgIpc) is 2.76. The number of benzene rings is 1. The number of para-hydroxylation sites is 1. The molecule has 2 atom stereocenters. The minimum Gasteiger partial charge on any atom is -0.369 e. The van der Waals surface area contributed by atoms with E-state index < -0.39 is 0 Å². The number of rotatable bonds is 2. The Labute approximate surface area is 119 Å². The SMILES string of the molecule is CC(C)C1CCCCC1n1c(N)nc2c(F)cccc21. The van der Waals surface area contributed by atoms with Gasteiger partial charge in [-0.15, -0.1) is 0 Å². The summed E-state index contributed by atoms with van der Waals surface area (Å²) in [7, 11) is 0. The van der Waals surface area contributed by atoms with Crippen LogP contribution in [0.5, 0.6) is 0 Å². The Bertz CT molecular complexity index is 617. The van der Waals surface area contributed by atoms with Crippen LogP contribution in [0, 0.1) is 17.7 Å². The van der Waals surface area contributed by atoms with Gasteiger partial charge in [0.15, 0.2) is 5.82 Å². The zero-order valence-corrected chi connectivity index (χ0v) is 12.1. The fourth-order valence-electron chi connectivity index (χ4n) is 3.69. The molecule has 0 radical (unpaired) electrons. The molecule has 4 heteroatoms. The topological polar surface area (TPSA) is 43.8 Å². The van der Waals surface area contributed by atoms with E-state index in [1.165, 1.54) is 25.3 Å². The van der Waals surface area contributed by atoms with E-state index in [4.69, 9.17) is 5.73 Å². The highest BCUT2D eigenvalue weighted by Gasteiger charge is 2.31. The number of fused-ring (bicyclic) bond motifs is 1. The summed E-state index contributed by atoms with van der Waals surface area (Å²) >= 11 is 0. The third-order valence-electron chi connectivity index (χ3n) is 4.67. The first-order valence-corrected chi connectivity index (χ1v) is 7.51. The number of nitrogens with two attached hydrogens (primary N) is 1. The Morgan fingerprint density at radius 1 is 1.30 bits per heavy atom. The first-order chi connectivity index (χ1) is 9.59. The van der Waals surface area contributed by atoms with Crippen molar-refractivity contribution in [2.75, 3.05) is 5.73 Å². The molecule has 0 spiro atoms. The molecule has 0 aliphatic heterocycles. The average molecular weight is 275 g/mol. The minimum atomic E-state index is -0.287. The van der Waals surface area contributed by atoms with Gasteiger partial charge >= 0.3 is 0 Å². The van der Waals surface area contributed by atoms with Crippen molar-refractivity contribution in [2.24, 2.45) is 11.8 Å². The standard InChI is InChI=1S/C16H22FN3/c1-10(2)11-6-3-4-8-13(11)20-14-9-5-7-12(17)15(14)19-16(20)18/h5,7,9-11,13H,3-4,6,8H2,1-2H3,(H2,18,19). The predicted octanol–water partition coefficient (Wildman–Crippen LogP) is 4.14. The van der Waals surface area contributed by atoms with Crippen LogP contribution < -0.4 is 5.73 Å². The van der Waals surface area contributed by atoms with Gasteiger partial charge in [0.1, 0.15) is 5.52 Å². The van der Waals surface area contributed by atoms with Crippen molar-refractivity contribution >= 4 is 17.0 Å². The lowest BCUT2D eigenvalue weighted by Crippen LogP contribution is -2.27. The van der Waals surface area contributed by atoms with E-state index in [1.807, 2.05) is 6.07 Å². The number of aromatic nitrogens is 2. The van der Waals surface area contributed by atoms with Crippen LogP contribution in [0.4, 0.5) is 10.3 Å². The van der Waals surface area contributed by atoms with Gasteiger partial charge in [0, 0.05) is 6.04 Å². The molecule has 0 bridgehead atoms. The summed E-state index contributed by atoms with van der Waals surface area (Å²) in [6.07, 6.45) is 4.81. The van der Waals surface area contributed by atoms with Gasteiger partial charge in [-0.1, -0.05) is 32.8 Å². The van der Waals surface area contributed by atoms with E-state index in [2.05, 4.69) is 23.4 Å². The summed E-state index contributed by atoms with van der Waals surface area (Å²) < 4.78 is 15.9. The Hall–Kier alpha value is -1.58. The van der Waals surface area contributed by atoms with Crippen LogP contribution in [0.3, 0.4) is 0 Å². The molecule has 2 aromatic rings. The molecule has 0 saturated heterocycles. The van der Waals surface area contributed by atoms with E-state index in [9.17, 15) is 4.39 Å². The van der Waals surface area contributed by atoms with Crippen LogP contribution in [-0.4, -0.2) is 9.55 Å². The fourth-order valence-corrected chi connectivity index (χ4v) is 3.69. The number of hydrogen-bond donors (Lipinski definition) is 1. The van der Waals surface area contributed by atoms with Crippen molar-refractivity contribution in [1.82, 2.24) is 9.55 Å². The molecule has 1 aliphatic carbocycles. The fraction of sp³-hybridized carbons (Fsp3) is 0.562. The molecule has 3 nitrogen and oxygen atoms in total.